The predicted molar refractivity (Wildman–Crippen MR) is 104 cm³/mol. The predicted octanol–water partition coefficient (Wildman–Crippen LogP) is 2.78. The fraction of sp³-hybridized carbons (Fsp3) is 0.333. The number of pyridine rings is 1. The SMILES string of the molecule is O=C(Nc1ccccn1)C1CCN(C(=O)C2=NOC(c3ccccc3)C2)CC1. The van der Waals surface area contributed by atoms with Crippen molar-refractivity contribution >= 4 is 23.3 Å². The monoisotopic (exact) mass is 378 g/mol. The summed E-state index contributed by atoms with van der Waals surface area (Å²) in [5.41, 5.74) is 1.46. The van der Waals surface area contributed by atoms with E-state index in [0.717, 1.165) is 5.56 Å². The fourth-order valence-corrected chi connectivity index (χ4v) is 3.54. The van der Waals surface area contributed by atoms with E-state index in [1.54, 1.807) is 23.2 Å². The molecule has 2 aromatic rings. The van der Waals surface area contributed by atoms with Gasteiger partial charge in [-0.2, -0.15) is 0 Å². The summed E-state index contributed by atoms with van der Waals surface area (Å²) >= 11 is 0. The maximum absolute atomic E-state index is 12.7. The lowest BCUT2D eigenvalue weighted by Crippen LogP contribution is -2.44. The highest BCUT2D eigenvalue weighted by Gasteiger charge is 2.33. The molecule has 1 atom stereocenters. The number of oxime groups is 1. The molecular formula is C21H22N4O3. The molecule has 3 heterocycles. The van der Waals surface area contributed by atoms with E-state index in [1.165, 1.54) is 0 Å². The van der Waals surface area contributed by atoms with Crippen LogP contribution < -0.4 is 5.32 Å². The summed E-state index contributed by atoms with van der Waals surface area (Å²) in [7, 11) is 0. The maximum Gasteiger partial charge on any atom is 0.271 e. The number of hydrogen-bond acceptors (Lipinski definition) is 5. The van der Waals surface area contributed by atoms with Crippen molar-refractivity contribution in [3.8, 4) is 0 Å². The lowest BCUT2D eigenvalue weighted by atomic mass is 9.95. The second kappa shape index (κ2) is 8.21. The van der Waals surface area contributed by atoms with Crippen molar-refractivity contribution in [1.29, 1.82) is 0 Å². The molecule has 0 aliphatic carbocycles. The molecule has 2 amide bonds. The number of likely N-dealkylation sites (tertiary alicyclic amines) is 1. The summed E-state index contributed by atoms with van der Waals surface area (Å²) in [5.74, 6) is 0.291. The zero-order valence-corrected chi connectivity index (χ0v) is 15.5. The highest BCUT2D eigenvalue weighted by atomic mass is 16.6. The molecule has 7 heteroatoms. The van der Waals surface area contributed by atoms with E-state index in [0.29, 0.717) is 43.9 Å². The zero-order chi connectivity index (χ0) is 19.3. The molecule has 1 N–H and O–H groups in total. The molecule has 0 bridgehead atoms. The van der Waals surface area contributed by atoms with Gasteiger partial charge in [0.15, 0.2) is 6.10 Å². The molecule has 7 nitrogen and oxygen atoms in total. The van der Waals surface area contributed by atoms with Gasteiger partial charge in [-0.3, -0.25) is 9.59 Å². The largest absolute Gasteiger partial charge is 0.387 e. The third kappa shape index (κ3) is 4.03. The first-order valence-corrected chi connectivity index (χ1v) is 9.49. The smallest absolute Gasteiger partial charge is 0.271 e. The fourth-order valence-electron chi connectivity index (χ4n) is 3.54. The third-order valence-corrected chi connectivity index (χ3v) is 5.16. The number of nitrogens with one attached hydrogen (secondary N) is 1. The van der Waals surface area contributed by atoms with E-state index in [2.05, 4.69) is 15.5 Å². The van der Waals surface area contributed by atoms with Crippen LogP contribution in [0, 0.1) is 5.92 Å². The van der Waals surface area contributed by atoms with Crippen LogP contribution in [0.4, 0.5) is 5.82 Å². The number of nitrogens with zero attached hydrogens (tertiary/aromatic N) is 3. The standard InChI is InChI=1S/C21H22N4O3/c26-20(23-19-8-4-5-11-22-19)16-9-12-25(13-10-16)21(27)17-14-18(28-24-17)15-6-2-1-3-7-15/h1-8,11,16,18H,9-10,12-14H2,(H,22,23,26). The van der Waals surface area contributed by atoms with Crippen LogP contribution in [0.5, 0.6) is 0 Å². The average Bonchev–Trinajstić information content (AvgIpc) is 3.25. The second-order valence-electron chi connectivity index (χ2n) is 7.02. The Kier molecular flexibility index (Phi) is 5.32. The summed E-state index contributed by atoms with van der Waals surface area (Å²) in [5, 5.41) is 6.85. The van der Waals surface area contributed by atoms with Gasteiger partial charge in [0.05, 0.1) is 0 Å². The van der Waals surface area contributed by atoms with E-state index >= 15 is 0 Å². The van der Waals surface area contributed by atoms with Crippen LogP contribution in [0.2, 0.25) is 0 Å². The quantitative estimate of drug-likeness (QED) is 0.887. The molecule has 1 saturated heterocycles. The van der Waals surface area contributed by atoms with Gasteiger partial charge in [-0.15, -0.1) is 0 Å². The topological polar surface area (TPSA) is 83.9 Å². The van der Waals surface area contributed by atoms with Crippen molar-refractivity contribution in [2.75, 3.05) is 18.4 Å². The van der Waals surface area contributed by atoms with Crippen molar-refractivity contribution in [2.24, 2.45) is 11.1 Å². The molecule has 2 aliphatic heterocycles. The lowest BCUT2D eigenvalue weighted by Gasteiger charge is -2.31. The lowest BCUT2D eigenvalue weighted by molar-refractivity contribution is -0.128. The van der Waals surface area contributed by atoms with Crippen molar-refractivity contribution in [3.63, 3.8) is 0 Å². The van der Waals surface area contributed by atoms with Crippen molar-refractivity contribution in [3.05, 3.63) is 60.3 Å². The summed E-state index contributed by atoms with van der Waals surface area (Å²) in [6.45, 7) is 1.07. The molecule has 28 heavy (non-hydrogen) atoms. The van der Waals surface area contributed by atoms with Gasteiger partial charge in [0.25, 0.3) is 5.91 Å². The Labute approximate surface area is 163 Å². The Morgan fingerprint density at radius 3 is 2.50 bits per heavy atom. The van der Waals surface area contributed by atoms with E-state index in [-0.39, 0.29) is 23.8 Å². The molecule has 1 unspecified atom stereocenters. The second-order valence-corrected chi connectivity index (χ2v) is 7.02. The molecule has 1 aromatic heterocycles. The number of benzene rings is 1. The number of piperidine rings is 1. The van der Waals surface area contributed by atoms with Gasteiger partial charge in [0, 0.05) is 31.6 Å². The molecular weight excluding hydrogens is 356 g/mol. The molecule has 2 aliphatic rings. The first kappa shape index (κ1) is 18.2. The minimum Gasteiger partial charge on any atom is -0.387 e. The summed E-state index contributed by atoms with van der Waals surface area (Å²) in [6.07, 6.45) is 3.16. The summed E-state index contributed by atoms with van der Waals surface area (Å²) in [4.78, 5) is 36.5. The van der Waals surface area contributed by atoms with Gasteiger partial charge in [-0.05, 0) is 30.5 Å². The molecule has 1 fully saturated rings. The molecule has 0 saturated carbocycles. The van der Waals surface area contributed by atoms with Gasteiger partial charge >= 0.3 is 0 Å². The molecule has 0 radical (unpaired) electrons. The van der Waals surface area contributed by atoms with Gasteiger partial charge in [0.1, 0.15) is 11.5 Å². The third-order valence-electron chi connectivity index (χ3n) is 5.16. The minimum absolute atomic E-state index is 0.0449. The van der Waals surface area contributed by atoms with Crippen LogP contribution in [0.25, 0.3) is 0 Å². The Balaban J connectivity index is 1.28. The maximum atomic E-state index is 12.7. The highest BCUT2D eigenvalue weighted by Crippen LogP contribution is 2.28. The Morgan fingerprint density at radius 1 is 1.04 bits per heavy atom. The van der Waals surface area contributed by atoms with Crippen LogP contribution in [0.3, 0.4) is 0 Å². The summed E-state index contributed by atoms with van der Waals surface area (Å²) in [6, 6.07) is 15.2. The van der Waals surface area contributed by atoms with Gasteiger partial charge in [-0.1, -0.05) is 41.6 Å². The van der Waals surface area contributed by atoms with Crippen molar-refractivity contribution < 1.29 is 14.4 Å². The Bertz CT molecular complexity index is 862. The molecule has 144 valence electrons. The molecule has 4 rings (SSSR count). The number of aromatic nitrogens is 1. The van der Waals surface area contributed by atoms with E-state index in [1.807, 2.05) is 36.4 Å². The van der Waals surface area contributed by atoms with Gasteiger partial charge in [-0.25, -0.2) is 4.98 Å². The van der Waals surface area contributed by atoms with E-state index in [9.17, 15) is 9.59 Å². The minimum atomic E-state index is -0.207. The molecule has 0 spiro atoms. The first-order chi connectivity index (χ1) is 13.7. The van der Waals surface area contributed by atoms with Gasteiger partial charge < -0.3 is 15.1 Å². The van der Waals surface area contributed by atoms with E-state index in [4.69, 9.17) is 4.84 Å². The number of hydrogen-bond donors (Lipinski definition) is 1. The van der Waals surface area contributed by atoms with Crippen LogP contribution in [0.15, 0.2) is 59.9 Å². The van der Waals surface area contributed by atoms with Crippen LogP contribution in [-0.4, -0.2) is 40.5 Å². The number of carbonyl (C=O) groups excluding carboxylic acids is 2. The number of carbonyl (C=O) groups is 2. The van der Waals surface area contributed by atoms with E-state index < -0.39 is 0 Å². The van der Waals surface area contributed by atoms with Crippen LogP contribution in [0.1, 0.15) is 30.9 Å². The number of anilines is 1. The Morgan fingerprint density at radius 2 is 1.79 bits per heavy atom. The molecule has 1 aromatic carbocycles. The van der Waals surface area contributed by atoms with Crippen molar-refractivity contribution in [1.82, 2.24) is 9.88 Å². The first-order valence-electron chi connectivity index (χ1n) is 9.49. The van der Waals surface area contributed by atoms with Crippen molar-refractivity contribution in [2.45, 2.75) is 25.4 Å². The zero-order valence-electron chi connectivity index (χ0n) is 15.5. The Hall–Kier alpha value is -3.22. The van der Waals surface area contributed by atoms with Gasteiger partial charge in [0.2, 0.25) is 5.91 Å². The van der Waals surface area contributed by atoms with Crippen LogP contribution in [-0.2, 0) is 14.4 Å². The normalized spacial score (nSPS) is 19.6. The number of rotatable bonds is 4. The van der Waals surface area contributed by atoms with Crippen LogP contribution >= 0.6 is 0 Å². The highest BCUT2D eigenvalue weighted by molar-refractivity contribution is 6.39. The number of amides is 2. The summed E-state index contributed by atoms with van der Waals surface area (Å²) < 4.78 is 0. The average molecular weight is 378 g/mol.